The van der Waals surface area contributed by atoms with Crippen molar-refractivity contribution in [2.75, 3.05) is 18.0 Å². The fourth-order valence-electron chi connectivity index (χ4n) is 2.73. The number of rotatable bonds is 3. The zero-order valence-corrected chi connectivity index (χ0v) is 12.3. The van der Waals surface area contributed by atoms with E-state index in [2.05, 4.69) is 41.2 Å². The van der Waals surface area contributed by atoms with E-state index in [0.717, 1.165) is 31.4 Å². The zero-order chi connectivity index (χ0) is 13.2. The maximum absolute atomic E-state index is 5.91. The largest absolute Gasteiger partial charge is 0.375 e. The van der Waals surface area contributed by atoms with Crippen LogP contribution in [0.5, 0.6) is 0 Å². The highest BCUT2D eigenvalue weighted by molar-refractivity contribution is 7.17. The first-order chi connectivity index (χ1) is 9.24. The Morgan fingerprint density at radius 2 is 2.11 bits per heavy atom. The summed E-state index contributed by atoms with van der Waals surface area (Å²) in [5, 5.41) is 2.12. The minimum absolute atomic E-state index is 0.335. The predicted molar refractivity (Wildman–Crippen MR) is 81.1 cm³/mol. The van der Waals surface area contributed by atoms with Gasteiger partial charge in [0.25, 0.3) is 0 Å². The molecule has 0 amide bonds. The van der Waals surface area contributed by atoms with Crippen LogP contribution in [0.4, 0.5) is 5.69 Å². The summed E-state index contributed by atoms with van der Waals surface area (Å²) in [6.07, 6.45) is 4.92. The number of nitrogens with zero attached hydrogens (tertiary/aromatic N) is 2. The molecule has 1 fully saturated rings. The van der Waals surface area contributed by atoms with Crippen LogP contribution in [0, 0.1) is 0 Å². The molecular formula is C15H20N2OS. The number of pyridine rings is 1. The third kappa shape index (κ3) is 2.74. The first-order valence-electron chi connectivity index (χ1n) is 6.96. The monoisotopic (exact) mass is 276 g/mol. The average Bonchev–Trinajstić information content (AvgIpc) is 2.87. The smallest absolute Gasteiger partial charge is 0.0830 e. The minimum atomic E-state index is 0.335. The van der Waals surface area contributed by atoms with Crippen molar-refractivity contribution >= 4 is 27.2 Å². The lowest BCUT2D eigenvalue weighted by molar-refractivity contribution is -0.00475. The number of ether oxygens (including phenoxy) is 1. The second kappa shape index (κ2) is 5.47. The summed E-state index contributed by atoms with van der Waals surface area (Å²) in [4.78, 5) is 6.88. The van der Waals surface area contributed by atoms with Gasteiger partial charge in [0.05, 0.1) is 28.1 Å². The van der Waals surface area contributed by atoms with E-state index in [0.29, 0.717) is 12.2 Å². The lowest BCUT2D eigenvalue weighted by Crippen LogP contribution is -2.37. The summed E-state index contributed by atoms with van der Waals surface area (Å²) < 4.78 is 7.22. The van der Waals surface area contributed by atoms with E-state index >= 15 is 0 Å². The maximum Gasteiger partial charge on any atom is 0.0830 e. The Hall–Kier alpha value is -1.13. The number of piperidine rings is 1. The van der Waals surface area contributed by atoms with E-state index in [4.69, 9.17) is 4.74 Å². The Morgan fingerprint density at radius 3 is 2.84 bits per heavy atom. The van der Waals surface area contributed by atoms with Crippen LogP contribution in [-0.2, 0) is 4.74 Å². The Morgan fingerprint density at radius 1 is 1.32 bits per heavy atom. The summed E-state index contributed by atoms with van der Waals surface area (Å²) in [5.41, 5.74) is 2.45. The van der Waals surface area contributed by atoms with Crippen molar-refractivity contribution in [3.63, 3.8) is 0 Å². The van der Waals surface area contributed by atoms with Gasteiger partial charge in [-0.1, -0.05) is 0 Å². The molecule has 0 saturated carbocycles. The van der Waals surface area contributed by atoms with Gasteiger partial charge in [-0.2, -0.15) is 0 Å². The second-order valence-electron chi connectivity index (χ2n) is 5.34. The Kier molecular flexibility index (Phi) is 3.71. The van der Waals surface area contributed by atoms with E-state index < -0.39 is 0 Å². The number of fused-ring (bicyclic) bond motifs is 1. The third-order valence-corrected chi connectivity index (χ3v) is 4.50. The minimum Gasteiger partial charge on any atom is -0.375 e. The quantitative estimate of drug-likeness (QED) is 0.855. The number of thiophene rings is 1. The second-order valence-corrected chi connectivity index (χ2v) is 6.25. The average molecular weight is 276 g/mol. The number of hydrogen-bond donors (Lipinski definition) is 0. The van der Waals surface area contributed by atoms with Crippen molar-refractivity contribution < 1.29 is 4.74 Å². The zero-order valence-electron chi connectivity index (χ0n) is 11.5. The van der Waals surface area contributed by atoms with Crippen molar-refractivity contribution in [1.29, 1.82) is 0 Å². The Labute approximate surface area is 118 Å². The molecule has 102 valence electrons. The fraction of sp³-hybridized carbons (Fsp3) is 0.533. The molecule has 0 spiro atoms. The highest BCUT2D eigenvalue weighted by Gasteiger charge is 2.22. The number of hydrogen-bond acceptors (Lipinski definition) is 4. The molecule has 0 radical (unpaired) electrons. The van der Waals surface area contributed by atoms with Gasteiger partial charge < -0.3 is 9.64 Å². The van der Waals surface area contributed by atoms with Gasteiger partial charge in [-0.3, -0.25) is 4.98 Å². The van der Waals surface area contributed by atoms with Gasteiger partial charge in [-0.05, 0) is 44.2 Å². The normalized spacial score (nSPS) is 17.5. The SMILES string of the molecule is CC(C)OC1CCN(c2ccnc3ccsc23)CC1. The summed E-state index contributed by atoms with van der Waals surface area (Å²) in [6.45, 7) is 6.39. The molecule has 3 rings (SSSR count). The molecule has 0 unspecified atom stereocenters. The molecule has 3 heterocycles. The van der Waals surface area contributed by atoms with Crippen molar-refractivity contribution in [3.8, 4) is 0 Å². The molecule has 2 aromatic heterocycles. The molecule has 2 aromatic rings. The van der Waals surface area contributed by atoms with Crippen LogP contribution in [0.25, 0.3) is 10.2 Å². The van der Waals surface area contributed by atoms with Crippen LogP contribution >= 0.6 is 11.3 Å². The maximum atomic E-state index is 5.91. The van der Waals surface area contributed by atoms with Crippen LogP contribution in [0.15, 0.2) is 23.7 Å². The summed E-state index contributed by atoms with van der Waals surface area (Å²) in [7, 11) is 0. The third-order valence-electron chi connectivity index (χ3n) is 3.57. The van der Waals surface area contributed by atoms with E-state index in [9.17, 15) is 0 Å². The van der Waals surface area contributed by atoms with Gasteiger partial charge in [-0.15, -0.1) is 11.3 Å². The Bertz CT molecular complexity index is 544. The van der Waals surface area contributed by atoms with Crippen LogP contribution in [0.1, 0.15) is 26.7 Å². The van der Waals surface area contributed by atoms with Crippen molar-refractivity contribution in [1.82, 2.24) is 4.98 Å². The topological polar surface area (TPSA) is 25.4 Å². The van der Waals surface area contributed by atoms with E-state index in [1.165, 1.54) is 10.4 Å². The van der Waals surface area contributed by atoms with Gasteiger partial charge >= 0.3 is 0 Å². The Balaban J connectivity index is 1.73. The van der Waals surface area contributed by atoms with E-state index in [1.807, 2.05) is 6.20 Å². The molecule has 4 heteroatoms. The van der Waals surface area contributed by atoms with Gasteiger partial charge in [0.15, 0.2) is 0 Å². The fourth-order valence-corrected chi connectivity index (χ4v) is 3.62. The van der Waals surface area contributed by atoms with Crippen LogP contribution in [-0.4, -0.2) is 30.3 Å². The van der Waals surface area contributed by atoms with Crippen molar-refractivity contribution in [3.05, 3.63) is 23.7 Å². The summed E-state index contributed by atoms with van der Waals surface area (Å²) >= 11 is 1.78. The molecule has 1 saturated heterocycles. The molecule has 3 nitrogen and oxygen atoms in total. The highest BCUT2D eigenvalue weighted by Crippen LogP contribution is 2.32. The van der Waals surface area contributed by atoms with Gasteiger partial charge in [0.2, 0.25) is 0 Å². The van der Waals surface area contributed by atoms with E-state index in [1.54, 1.807) is 11.3 Å². The lowest BCUT2D eigenvalue weighted by atomic mass is 10.1. The van der Waals surface area contributed by atoms with Gasteiger partial charge in [0.1, 0.15) is 0 Å². The molecule has 0 aliphatic carbocycles. The molecule has 1 aliphatic heterocycles. The van der Waals surface area contributed by atoms with Crippen LogP contribution in [0.2, 0.25) is 0 Å². The molecule has 0 N–H and O–H groups in total. The highest BCUT2D eigenvalue weighted by atomic mass is 32.1. The van der Waals surface area contributed by atoms with Crippen molar-refractivity contribution in [2.45, 2.75) is 38.9 Å². The number of aromatic nitrogens is 1. The number of anilines is 1. The molecular weight excluding hydrogens is 256 g/mol. The molecule has 0 aromatic carbocycles. The lowest BCUT2D eigenvalue weighted by Gasteiger charge is -2.34. The summed E-state index contributed by atoms with van der Waals surface area (Å²) in [6, 6.07) is 4.24. The summed E-state index contributed by atoms with van der Waals surface area (Å²) in [5.74, 6) is 0. The molecule has 19 heavy (non-hydrogen) atoms. The molecule has 0 bridgehead atoms. The molecule has 1 aliphatic rings. The van der Waals surface area contributed by atoms with Crippen LogP contribution in [0.3, 0.4) is 0 Å². The first kappa shape index (κ1) is 12.9. The first-order valence-corrected chi connectivity index (χ1v) is 7.84. The predicted octanol–water partition coefficient (Wildman–Crippen LogP) is 3.69. The van der Waals surface area contributed by atoms with Gasteiger partial charge in [0, 0.05) is 19.3 Å². The van der Waals surface area contributed by atoms with Crippen molar-refractivity contribution in [2.24, 2.45) is 0 Å². The molecule has 0 atom stereocenters. The van der Waals surface area contributed by atoms with Gasteiger partial charge in [-0.25, -0.2) is 0 Å². The van der Waals surface area contributed by atoms with E-state index in [-0.39, 0.29) is 0 Å². The standard InChI is InChI=1S/C15H20N2OS/c1-11(2)18-12-4-8-17(9-5-12)14-3-7-16-13-6-10-19-15(13)14/h3,6-7,10-12H,4-5,8-9H2,1-2H3. The van der Waals surface area contributed by atoms with Crippen LogP contribution < -0.4 is 4.90 Å².